The molecule has 8 heteroatoms. The van der Waals surface area contributed by atoms with Crippen LogP contribution in [0.3, 0.4) is 0 Å². The van der Waals surface area contributed by atoms with Crippen molar-refractivity contribution in [1.29, 1.82) is 5.26 Å². The number of carbonyl (C=O) groups is 2. The Kier molecular flexibility index (Phi) is 7.70. The molecule has 0 aliphatic carbocycles. The van der Waals surface area contributed by atoms with Crippen molar-refractivity contribution in [3.8, 4) is 11.8 Å². The lowest BCUT2D eigenvalue weighted by Crippen LogP contribution is -2.45. The zero-order valence-corrected chi connectivity index (χ0v) is 18.2. The molecule has 1 aliphatic rings. The second kappa shape index (κ2) is 10.0. The van der Waals surface area contributed by atoms with E-state index in [1.165, 1.54) is 13.3 Å². The second-order valence-electron chi connectivity index (χ2n) is 8.24. The molecule has 1 heterocycles. The number of aryl methyl sites for hydroxylation is 1. The molecule has 2 amide bonds. The highest BCUT2D eigenvalue weighted by Gasteiger charge is 2.26. The molecule has 0 spiro atoms. The number of ether oxygens (including phenoxy) is 2. The number of likely N-dealkylation sites (tertiary alicyclic amines) is 1. The smallest absolute Gasteiger partial charge is 0.410 e. The molecule has 0 saturated carbocycles. The summed E-state index contributed by atoms with van der Waals surface area (Å²) in [6, 6.07) is 7.41. The van der Waals surface area contributed by atoms with Gasteiger partial charge in [-0.3, -0.25) is 4.79 Å². The Morgan fingerprint density at radius 2 is 1.93 bits per heavy atom. The third-order valence-electron chi connectivity index (χ3n) is 4.58. The molecule has 0 atom stereocenters. The zero-order valence-electron chi connectivity index (χ0n) is 18.2. The molecule has 1 aliphatic heterocycles. The van der Waals surface area contributed by atoms with Gasteiger partial charge in [0.05, 0.1) is 12.8 Å². The van der Waals surface area contributed by atoms with Crippen molar-refractivity contribution >= 4 is 17.7 Å². The summed E-state index contributed by atoms with van der Waals surface area (Å²) in [5.74, 6) is 0.00815. The van der Waals surface area contributed by atoms with Crippen molar-refractivity contribution in [1.82, 2.24) is 10.2 Å². The Morgan fingerprint density at radius 1 is 1.27 bits per heavy atom. The summed E-state index contributed by atoms with van der Waals surface area (Å²) in [7, 11) is 1.52. The van der Waals surface area contributed by atoms with Gasteiger partial charge in [-0.1, -0.05) is 6.07 Å². The third kappa shape index (κ3) is 6.69. The van der Waals surface area contributed by atoms with E-state index in [1.54, 1.807) is 17.0 Å². The van der Waals surface area contributed by atoms with E-state index in [4.69, 9.17) is 9.47 Å². The van der Waals surface area contributed by atoms with Crippen LogP contribution in [0.25, 0.3) is 0 Å². The normalized spacial score (nSPS) is 15.2. The number of piperidine rings is 1. The van der Waals surface area contributed by atoms with Crippen molar-refractivity contribution in [2.24, 2.45) is 0 Å². The highest BCUT2D eigenvalue weighted by Crippen LogP contribution is 2.25. The predicted octanol–water partition coefficient (Wildman–Crippen LogP) is 3.34. The Bertz CT molecular complexity index is 844. The number of nitrogens with one attached hydrogen (secondary N) is 2. The van der Waals surface area contributed by atoms with Crippen LogP contribution in [0, 0.1) is 18.3 Å². The van der Waals surface area contributed by atoms with E-state index in [9.17, 15) is 14.9 Å². The molecule has 0 bridgehead atoms. The van der Waals surface area contributed by atoms with Gasteiger partial charge in [0, 0.05) is 25.3 Å². The molecule has 1 aromatic carbocycles. The van der Waals surface area contributed by atoms with Crippen LogP contribution >= 0.6 is 0 Å². The first-order valence-corrected chi connectivity index (χ1v) is 9.93. The molecular formula is C22H30N4O4. The summed E-state index contributed by atoms with van der Waals surface area (Å²) >= 11 is 0. The number of rotatable bonds is 5. The Balaban J connectivity index is 1.92. The van der Waals surface area contributed by atoms with Crippen LogP contribution < -0.4 is 15.4 Å². The Labute approximate surface area is 177 Å². The first-order chi connectivity index (χ1) is 14.1. The highest BCUT2D eigenvalue weighted by molar-refractivity contribution is 6.07. The van der Waals surface area contributed by atoms with Crippen molar-refractivity contribution in [2.45, 2.75) is 52.2 Å². The van der Waals surface area contributed by atoms with Gasteiger partial charge in [-0.05, 0) is 58.2 Å². The maximum atomic E-state index is 12.5. The average Bonchev–Trinajstić information content (AvgIpc) is 2.68. The van der Waals surface area contributed by atoms with Gasteiger partial charge in [0.15, 0.2) is 0 Å². The van der Waals surface area contributed by atoms with Crippen LogP contribution in [0.4, 0.5) is 10.5 Å². The van der Waals surface area contributed by atoms with Crippen molar-refractivity contribution in [2.75, 3.05) is 25.5 Å². The first-order valence-electron chi connectivity index (χ1n) is 9.93. The lowest BCUT2D eigenvalue weighted by Gasteiger charge is -2.33. The van der Waals surface area contributed by atoms with Crippen molar-refractivity contribution in [3.05, 3.63) is 35.5 Å². The third-order valence-corrected chi connectivity index (χ3v) is 4.58. The Morgan fingerprint density at radius 3 is 2.50 bits per heavy atom. The molecule has 0 aromatic heterocycles. The molecule has 2 rings (SSSR count). The SMILES string of the molecule is COc1ccc(C)cc1NC(=O)/C(C#N)=C\NC1CCN(C(=O)OC(C)(C)C)CC1. The van der Waals surface area contributed by atoms with E-state index >= 15 is 0 Å². The molecule has 8 nitrogen and oxygen atoms in total. The fourth-order valence-electron chi connectivity index (χ4n) is 3.01. The maximum Gasteiger partial charge on any atom is 0.410 e. The van der Waals surface area contributed by atoms with Gasteiger partial charge < -0.3 is 25.0 Å². The molecule has 1 fully saturated rings. The van der Waals surface area contributed by atoms with E-state index < -0.39 is 11.5 Å². The van der Waals surface area contributed by atoms with Crippen LogP contribution in [0.1, 0.15) is 39.2 Å². The molecule has 1 aromatic rings. The fourth-order valence-corrected chi connectivity index (χ4v) is 3.01. The molecule has 30 heavy (non-hydrogen) atoms. The molecular weight excluding hydrogens is 384 g/mol. The van der Waals surface area contributed by atoms with Crippen LogP contribution in [-0.2, 0) is 9.53 Å². The van der Waals surface area contributed by atoms with Gasteiger partial charge in [0.2, 0.25) is 0 Å². The molecule has 2 N–H and O–H groups in total. The summed E-state index contributed by atoms with van der Waals surface area (Å²) in [6.07, 6.45) is 2.51. The van der Waals surface area contributed by atoms with Gasteiger partial charge in [0.1, 0.15) is 23.0 Å². The minimum Gasteiger partial charge on any atom is -0.495 e. The van der Waals surface area contributed by atoms with Gasteiger partial charge in [0.25, 0.3) is 5.91 Å². The first kappa shape index (κ1) is 23.1. The number of methoxy groups -OCH3 is 1. The number of hydrogen-bond acceptors (Lipinski definition) is 6. The van der Waals surface area contributed by atoms with Crippen LogP contribution in [0.15, 0.2) is 30.0 Å². The number of carbonyl (C=O) groups excluding carboxylic acids is 2. The standard InChI is InChI=1S/C22H30N4O4/c1-15-6-7-19(29-5)18(12-15)25-20(27)16(13-23)14-24-17-8-10-26(11-9-17)21(28)30-22(2,3)4/h6-7,12,14,17,24H,8-11H2,1-5H3,(H,25,27)/b16-14-. The molecule has 1 saturated heterocycles. The second-order valence-corrected chi connectivity index (χ2v) is 8.24. The summed E-state index contributed by atoms with van der Waals surface area (Å²) in [4.78, 5) is 26.3. The molecule has 0 unspecified atom stereocenters. The fraction of sp³-hybridized carbons (Fsp3) is 0.500. The topological polar surface area (TPSA) is 104 Å². The number of anilines is 1. The van der Waals surface area contributed by atoms with E-state index in [2.05, 4.69) is 10.6 Å². The molecule has 0 radical (unpaired) electrons. The number of amides is 2. The van der Waals surface area contributed by atoms with E-state index in [0.717, 1.165) is 5.56 Å². The maximum absolute atomic E-state index is 12.5. The summed E-state index contributed by atoms with van der Waals surface area (Å²) < 4.78 is 10.6. The number of hydrogen-bond donors (Lipinski definition) is 2. The van der Waals surface area contributed by atoms with Crippen LogP contribution in [0.5, 0.6) is 5.75 Å². The minimum atomic E-state index is -0.524. The molecule has 162 valence electrons. The zero-order chi connectivity index (χ0) is 22.3. The predicted molar refractivity (Wildman–Crippen MR) is 114 cm³/mol. The van der Waals surface area contributed by atoms with E-state index in [0.29, 0.717) is 37.4 Å². The highest BCUT2D eigenvalue weighted by atomic mass is 16.6. The quantitative estimate of drug-likeness (QED) is 0.566. The lowest BCUT2D eigenvalue weighted by atomic mass is 10.1. The van der Waals surface area contributed by atoms with Crippen LogP contribution in [-0.4, -0.2) is 48.7 Å². The largest absolute Gasteiger partial charge is 0.495 e. The van der Waals surface area contributed by atoms with E-state index in [1.807, 2.05) is 39.8 Å². The van der Waals surface area contributed by atoms with Gasteiger partial charge >= 0.3 is 6.09 Å². The number of nitriles is 1. The minimum absolute atomic E-state index is 0.0341. The van der Waals surface area contributed by atoms with Gasteiger partial charge in [-0.15, -0.1) is 0 Å². The number of nitrogens with zero attached hydrogens (tertiary/aromatic N) is 2. The summed E-state index contributed by atoms with van der Waals surface area (Å²) in [6.45, 7) is 8.52. The van der Waals surface area contributed by atoms with Crippen LogP contribution in [0.2, 0.25) is 0 Å². The lowest BCUT2D eigenvalue weighted by molar-refractivity contribution is -0.112. The van der Waals surface area contributed by atoms with Crippen molar-refractivity contribution < 1.29 is 19.1 Å². The average molecular weight is 415 g/mol. The van der Waals surface area contributed by atoms with Crippen molar-refractivity contribution in [3.63, 3.8) is 0 Å². The number of benzene rings is 1. The Hall–Kier alpha value is -3.21. The monoisotopic (exact) mass is 414 g/mol. The summed E-state index contributed by atoms with van der Waals surface area (Å²) in [5, 5.41) is 15.2. The van der Waals surface area contributed by atoms with Gasteiger partial charge in [-0.2, -0.15) is 5.26 Å². The summed E-state index contributed by atoms with van der Waals surface area (Å²) in [5.41, 5.74) is 0.912. The van der Waals surface area contributed by atoms with Gasteiger partial charge in [-0.25, -0.2) is 4.79 Å². The van der Waals surface area contributed by atoms with E-state index in [-0.39, 0.29) is 17.7 Å².